The molecule has 0 aliphatic heterocycles. The Morgan fingerprint density at radius 2 is 1.74 bits per heavy atom. The van der Waals surface area contributed by atoms with Gasteiger partial charge in [0.2, 0.25) is 0 Å². The highest BCUT2D eigenvalue weighted by molar-refractivity contribution is 5.71. The summed E-state index contributed by atoms with van der Waals surface area (Å²) in [6.07, 6.45) is 3.36. The SMILES string of the molecule is C=CC(C)(C)/C(=C\C(C)O)c1ccc(C)cc1.CC.[HH].[HH]. The average molecular weight is 264 g/mol. The zero-order valence-electron chi connectivity index (χ0n) is 13.2. The zero-order chi connectivity index (χ0) is 15.1. The Balaban J connectivity index is -0.000000774. The summed E-state index contributed by atoms with van der Waals surface area (Å²) >= 11 is 0. The van der Waals surface area contributed by atoms with Crippen molar-refractivity contribution in [2.45, 2.75) is 47.6 Å². The van der Waals surface area contributed by atoms with Gasteiger partial charge in [-0.05, 0) is 25.0 Å². The Labute approximate surface area is 121 Å². The van der Waals surface area contributed by atoms with Crippen molar-refractivity contribution in [2.24, 2.45) is 5.41 Å². The molecular formula is C18H32O. The maximum atomic E-state index is 9.59. The van der Waals surface area contributed by atoms with Gasteiger partial charge in [-0.3, -0.25) is 0 Å². The molecule has 0 radical (unpaired) electrons. The second kappa shape index (κ2) is 7.96. The van der Waals surface area contributed by atoms with E-state index in [1.54, 1.807) is 6.92 Å². The largest absolute Gasteiger partial charge is 0.389 e. The number of allylic oxidation sites excluding steroid dienone is 2. The van der Waals surface area contributed by atoms with E-state index < -0.39 is 6.10 Å². The molecule has 1 aromatic rings. The van der Waals surface area contributed by atoms with E-state index in [0.29, 0.717) is 0 Å². The number of aryl methyl sites for hydroxylation is 1. The summed E-state index contributed by atoms with van der Waals surface area (Å²) < 4.78 is 0. The van der Waals surface area contributed by atoms with E-state index in [2.05, 4.69) is 51.6 Å². The molecule has 0 saturated heterocycles. The van der Waals surface area contributed by atoms with Crippen LogP contribution in [0, 0.1) is 12.3 Å². The monoisotopic (exact) mass is 264 g/mol. The van der Waals surface area contributed by atoms with Crippen LogP contribution in [0.3, 0.4) is 0 Å². The molecule has 0 amide bonds. The lowest BCUT2D eigenvalue weighted by Gasteiger charge is -2.25. The van der Waals surface area contributed by atoms with Gasteiger partial charge >= 0.3 is 0 Å². The van der Waals surface area contributed by atoms with Gasteiger partial charge in [-0.15, -0.1) is 6.58 Å². The van der Waals surface area contributed by atoms with Gasteiger partial charge in [0.05, 0.1) is 6.10 Å². The van der Waals surface area contributed by atoms with Gasteiger partial charge in [0.25, 0.3) is 0 Å². The maximum Gasteiger partial charge on any atom is 0.0698 e. The minimum atomic E-state index is -0.453. The molecule has 1 atom stereocenters. The van der Waals surface area contributed by atoms with Gasteiger partial charge in [0.15, 0.2) is 0 Å². The summed E-state index contributed by atoms with van der Waals surface area (Å²) in [6.45, 7) is 15.9. The summed E-state index contributed by atoms with van der Waals surface area (Å²) in [6, 6.07) is 8.36. The number of aliphatic hydroxyl groups is 1. The smallest absolute Gasteiger partial charge is 0.0698 e. The van der Waals surface area contributed by atoms with E-state index in [9.17, 15) is 5.11 Å². The molecule has 0 saturated carbocycles. The third kappa shape index (κ3) is 5.44. The quantitative estimate of drug-likeness (QED) is 0.713. The first-order valence-corrected chi connectivity index (χ1v) is 6.98. The van der Waals surface area contributed by atoms with Crippen LogP contribution in [0.1, 0.15) is 48.6 Å². The van der Waals surface area contributed by atoms with Crippen molar-refractivity contribution < 1.29 is 7.96 Å². The maximum absolute atomic E-state index is 9.59. The van der Waals surface area contributed by atoms with Crippen LogP contribution < -0.4 is 0 Å². The van der Waals surface area contributed by atoms with E-state index in [4.69, 9.17) is 0 Å². The van der Waals surface area contributed by atoms with Crippen LogP contribution in [0.25, 0.3) is 5.57 Å². The fourth-order valence-electron chi connectivity index (χ4n) is 1.77. The highest BCUT2D eigenvalue weighted by atomic mass is 16.3. The molecule has 110 valence electrons. The van der Waals surface area contributed by atoms with Crippen LogP contribution in [0.5, 0.6) is 0 Å². The molecule has 0 fully saturated rings. The lowest BCUT2D eigenvalue weighted by Crippen LogP contribution is -2.12. The topological polar surface area (TPSA) is 20.2 Å². The Kier molecular flexibility index (Phi) is 7.40. The molecule has 0 aliphatic rings. The van der Waals surface area contributed by atoms with E-state index >= 15 is 0 Å². The minimum absolute atomic E-state index is 0. The van der Waals surface area contributed by atoms with E-state index in [1.165, 1.54) is 5.56 Å². The molecule has 1 N–H and O–H groups in total. The molecule has 1 unspecified atom stereocenters. The number of aliphatic hydroxyl groups excluding tert-OH is 1. The van der Waals surface area contributed by atoms with E-state index in [1.807, 2.05) is 26.0 Å². The predicted octanol–water partition coefficient (Wildman–Crippen LogP) is 5.49. The van der Waals surface area contributed by atoms with Gasteiger partial charge < -0.3 is 5.11 Å². The zero-order valence-corrected chi connectivity index (χ0v) is 13.2. The Morgan fingerprint density at radius 1 is 1.26 bits per heavy atom. The van der Waals surface area contributed by atoms with E-state index in [0.717, 1.165) is 11.1 Å². The fraction of sp³-hybridized carbons (Fsp3) is 0.444. The fourth-order valence-corrected chi connectivity index (χ4v) is 1.77. The normalized spacial score (nSPS) is 13.3. The summed E-state index contributed by atoms with van der Waals surface area (Å²) in [5.41, 5.74) is 3.34. The molecule has 0 aliphatic carbocycles. The molecule has 0 heterocycles. The van der Waals surface area contributed by atoms with E-state index in [-0.39, 0.29) is 8.27 Å². The highest BCUT2D eigenvalue weighted by Gasteiger charge is 2.21. The first-order valence-electron chi connectivity index (χ1n) is 6.98. The van der Waals surface area contributed by atoms with Crippen LogP contribution in [0.2, 0.25) is 0 Å². The van der Waals surface area contributed by atoms with Crippen molar-refractivity contribution >= 4 is 5.57 Å². The molecule has 1 rings (SSSR count). The van der Waals surface area contributed by atoms with Crippen LogP contribution in [-0.4, -0.2) is 11.2 Å². The Bertz CT molecular complexity index is 417. The third-order valence-electron chi connectivity index (χ3n) is 2.97. The van der Waals surface area contributed by atoms with Gasteiger partial charge in [-0.25, -0.2) is 0 Å². The second-order valence-corrected chi connectivity index (χ2v) is 5.11. The van der Waals surface area contributed by atoms with Gasteiger partial charge in [0.1, 0.15) is 0 Å². The number of rotatable bonds is 4. The molecule has 0 bridgehead atoms. The summed E-state index contributed by atoms with van der Waals surface area (Å²) in [5, 5.41) is 9.59. The van der Waals surface area contributed by atoms with Crippen LogP contribution in [0.15, 0.2) is 43.0 Å². The number of hydrogen-bond donors (Lipinski definition) is 1. The molecule has 1 aromatic carbocycles. The van der Waals surface area contributed by atoms with Crippen LogP contribution >= 0.6 is 0 Å². The first-order chi connectivity index (χ1) is 8.86. The molecule has 0 aromatic heterocycles. The van der Waals surface area contributed by atoms with Crippen LogP contribution in [-0.2, 0) is 0 Å². The van der Waals surface area contributed by atoms with Gasteiger partial charge in [-0.1, -0.05) is 69.7 Å². The van der Waals surface area contributed by atoms with Crippen molar-refractivity contribution in [1.82, 2.24) is 0 Å². The molecule has 19 heavy (non-hydrogen) atoms. The Hall–Kier alpha value is -1.34. The summed E-state index contributed by atoms with van der Waals surface area (Å²) in [5.74, 6) is 0. The summed E-state index contributed by atoms with van der Waals surface area (Å²) in [7, 11) is 0. The molecule has 1 nitrogen and oxygen atoms in total. The van der Waals surface area contributed by atoms with Crippen molar-refractivity contribution in [3.8, 4) is 0 Å². The molecular weight excluding hydrogens is 232 g/mol. The third-order valence-corrected chi connectivity index (χ3v) is 2.97. The average Bonchev–Trinajstić information content (AvgIpc) is 2.39. The van der Waals surface area contributed by atoms with Gasteiger partial charge in [0, 0.05) is 8.27 Å². The van der Waals surface area contributed by atoms with Crippen molar-refractivity contribution in [2.75, 3.05) is 0 Å². The van der Waals surface area contributed by atoms with Crippen molar-refractivity contribution in [3.63, 3.8) is 0 Å². The lowest BCUT2D eigenvalue weighted by atomic mass is 9.79. The minimum Gasteiger partial charge on any atom is -0.389 e. The highest BCUT2D eigenvalue weighted by Crippen LogP contribution is 2.35. The lowest BCUT2D eigenvalue weighted by molar-refractivity contribution is 0.244. The second-order valence-electron chi connectivity index (χ2n) is 5.11. The predicted molar refractivity (Wildman–Crippen MR) is 90.4 cm³/mol. The number of benzene rings is 1. The Morgan fingerprint density at radius 3 is 2.11 bits per heavy atom. The standard InChI is InChI=1S/C16H22O.C2H6.2H2/c1-6-16(4,5)15(11-13(3)17)14-9-7-12(2)8-10-14;1-2;;/h6-11,13,17H,1H2,2-5H3;1-2H3;2*1H/b15-11-;;;. The molecule has 1 heteroatoms. The van der Waals surface area contributed by atoms with Gasteiger partial charge in [-0.2, -0.15) is 0 Å². The first kappa shape index (κ1) is 17.7. The van der Waals surface area contributed by atoms with Crippen molar-refractivity contribution in [1.29, 1.82) is 0 Å². The molecule has 0 spiro atoms. The van der Waals surface area contributed by atoms with Crippen molar-refractivity contribution in [3.05, 3.63) is 54.1 Å². The van der Waals surface area contributed by atoms with Crippen LogP contribution in [0.4, 0.5) is 0 Å². The number of hydrogen-bond acceptors (Lipinski definition) is 1. The summed E-state index contributed by atoms with van der Waals surface area (Å²) in [4.78, 5) is 0.